The van der Waals surface area contributed by atoms with Gasteiger partial charge in [-0.3, -0.25) is 0 Å². The molecule has 182 valence electrons. The van der Waals surface area contributed by atoms with E-state index < -0.39 is 10.0 Å². The van der Waals surface area contributed by atoms with Crippen molar-refractivity contribution < 1.29 is 8.42 Å². The third-order valence-electron chi connectivity index (χ3n) is 6.59. The Kier molecular flexibility index (Phi) is 7.60. The minimum absolute atomic E-state index is 0.255. The van der Waals surface area contributed by atoms with E-state index in [1.807, 2.05) is 43.3 Å². The summed E-state index contributed by atoms with van der Waals surface area (Å²) in [6.07, 6.45) is 4.07. The molecule has 9 heteroatoms. The third-order valence-corrected chi connectivity index (χ3v) is 8.57. The number of nitrogens with zero attached hydrogens (tertiary/aromatic N) is 3. The first kappa shape index (κ1) is 24.7. The SMILES string of the molecule is Cc1c(Cl)cccc1S(=O)(=O)NC[C@H]1CC[C@H](CNc2nc(N(C)C)c3ccccc3n2)CC1. The van der Waals surface area contributed by atoms with Gasteiger partial charge in [-0.25, -0.2) is 18.1 Å². The molecule has 1 aromatic heterocycles. The van der Waals surface area contributed by atoms with E-state index in [1.165, 1.54) is 0 Å². The lowest BCUT2D eigenvalue weighted by atomic mass is 9.82. The summed E-state index contributed by atoms with van der Waals surface area (Å²) in [5, 5.41) is 4.93. The highest BCUT2D eigenvalue weighted by Gasteiger charge is 2.24. The highest BCUT2D eigenvalue weighted by atomic mass is 35.5. The first-order valence-corrected chi connectivity index (χ1v) is 13.5. The van der Waals surface area contributed by atoms with Crippen molar-refractivity contribution in [1.82, 2.24) is 14.7 Å². The van der Waals surface area contributed by atoms with Crippen LogP contribution in [0.4, 0.5) is 11.8 Å². The largest absolute Gasteiger partial charge is 0.362 e. The summed E-state index contributed by atoms with van der Waals surface area (Å²) in [5.41, 5.74) is 1.51. The van der Waals surface area contributed by atoms with E-state index in [1.54, 1.807) is 25.1 Å². The molecule has 4 rings (SSSR count). The third kappa shape index (κ3) is 5.62. The van der Waals surface area contributed by atoms with Crippen molar-refractivity contribution in [2.45, 2.75) is 37.5 Å². The molecule has 2 N–H and O–H groups in total. The molecule has 0 unspecified atom stereocenters. The van der Waals surface area contributed by atoms with E-state index in [2.05, 4.69) is 15.0 Å². The monoisotopic (exact) mass is 501 g/mol. The summed E-state index contributed by atoms with van der Waals surface area (Å²) in [4.78, 5) is 11.7. The second-order valence-corrected chi connectivity index (χ2v) is 11.4. The summed E-state index contributed by atoms with van der Waals surface area (Å²) in [6.45, 7) is 3.00. The summed E-state index contributed by atoms with van der Waals surface area (Å²) in [6, 6.07) is 13.0. The number of hydrogen-bond acceptors (Lipinski definition) is 6. The number of rotatable bonds is 8. The van der Waals surface area contributed by atoms with Crippen molar-refractivity contribution in [3.63, 3.8) is 0 Å². The molecule has 0 amide bonds. The Balaban J connectivity index is 1.30. The number of para-hydroxylation sites is 1. The zero-order valence-corrected chi connectivity index (χ0v) is 21.5. The summed E-state index contributed by atoms with van der Waals surface area (Å²) >= 11 is 6.10. The van der Waals surface area contributed by atoms with Crippen LogP contribution in [-0.4, -0.2) is 45.6 Å². The van der Waals surface area contributed by atoms with Crippen molar-refractivity contribution >= 4 is 44.3 Å². The summed E-state index contributed by atoms with van der Waals surface area (Å²) in [7, 11) is 0.407. The molecule has 2 aromatic carbocycles. The molecule has 34 heavy (non-hydrogen) atoms. The number of fused-ring (bicyclic) bond motifs is 1. The molecule has 0 spiro atoms. The van der Waals surface area contributed by atoms with Gasteiger partial charge in [-0.2, -0.15) is 4.98 Å². The molecule has 7 nitrogen and oxygen atoms in total. The standard InChI is InChI=1S/C25H32ClN5O2S/c1-17-21(26)8-6-10-23(17)34(32,33)28-16-19-13-11-18(12-14-19)15-27-25-29-22-9-5-4-7-20(22)24(30-25)31(2)3/h4-10,18-19,28H,11-16H2,1-3H3,(H,27,29,30)/t18-,19-. The van der Waals surface area contributed by atoms with Gasteiger partial charge in [0.15, 0.2) is 0 Å². The van der Waals surface area contributed by atoms with Gasteiger partial charge in [0.05, 0.1) is 10.4 Å². The van der Waals surface area contributed by atoms with Crippen LogP contribution >= 0.6 is 11.6 Å². The number of halogens is 1. The molecule has 0 bridgehead atoms. The first-order valence-electron chi connectivity index (χ1n) is 11.7. The molecule has 0 atom stereocenters. The first-order chi connectivity index (χ1) is 16.2. The molecule has 1 aliphatic carbocycles. The maximum absolute atomic E-state index is 12.7. The smallest absolute Gasteiger partial charge is 0.240 e. The second kappa shape index (κ2) is 10.5. The maximum Gasteiger partial charge on any atom is 0.240 e. The van der Waals surface area contributed by atoms with Gasteiger partial charge in [0, 0.05) is 37.6 Å². The zero-order chi connectivity index (χ0) is 24.3. The van der Waals surface area contributed by atoms with Gasteiger partial charge >= 0.3 is 0 Å². The fourth-order valence-electron chi connectivity index (χ4n) is 4.54. The Morgan fingerprint density at radius 3 is 2.35 bits per heavy atom. The number of benzene rings is 2. The van der Waals surface area contributed by atoms with Crippen LogP contribution in [-0.2, 0) is 10.0 Å². The maximum atomic E-state index is 12.7. The second-order valence-electron chi connectivity index (χ2n) is 9.26. The predicted octanol–water partition coefficient (Wildman–Crippen LogP) is 4.85. The van der Waals surface area contributed by atoms with Crippen LogP contribution < -0.4 is 14.9 Å². The van der Waals surface area contributed by atoms with Crippen molar-refractivity contribution in [1.29, 1.82) is 0 Å². The molecule has 0 aliphatic heterocycles. The molecular weight excluding hydrogens is 470 g/mol. The summed E-state index contributed by atoms with van der Waals surface area (Å²) in [5.74, 6) is 2.40. The Morgan fingerprint density at radius 1 is 0.971 bits per heavy atom. The average Bonchev–Trinajstić information content (AvgIpc) is 2.83. The quantitative estimate of drug-likeness (QED) is 0.458. The number of nitrogens with one attached hydrogen (secondary N) is 2. The van der Waals surface area contributed by atoms with E-state index in [0.717, 1.165) is 48.9 Å². The molecule has 0 radical (unpaired) electrons. The van der Waals surface area contributed by atoms with Gasteiger partial charge in [0.2, 0.25) is 16.0 Å². The van der Waals surface area contributed by atoms with E-state index >= 15 is 0 Å². The van der Waals surface area contributed by atoms with Gasteiger partial charge in [0.25, 0.3) is 0 Å². The fourth-order valence-corrected chi connectivity index (χ4v) is 6.15. The molecule has 1 saturated carbocycles. The molecule has 1 aliphatic rings. The number of hydrogen-bond donors (Lipinski definition) is 2. The van der Waals surface area contributed by atoms with Crippen LogP contribution in [0, 0.1) is 18.8 Å². The van der Waals surface area contributed by atoms with Gasteiger partial charge in [0.1, 0.15) is 5.82 Å². The lowest BCUT2D eigenvalue weighted by molar-refractivity contribution is 0.284. The van der Waals surface area contributed by atoms with E-state index in [9.17, 15) is 8.42 Å². The predicted molar refractivity (Wildman–Crippen MR) is 139 cm³/mol. The van der Waals surface area contributed by atoms with Gasteiger partial charge in [-0.1, -0.05) is 29.8 Å². The van der Waals surface area contributed by atoms with Crippen LogP contribution in [0.2, 0.25) is 5.02 Å². The normalized spacial score (nSPS) is 18.7. The van der Waals surface area contributed by atoms with Crippen LogP contribution in [0.25, 0.3) is 10.9 Å². The van der Waals surface area contributed by atoms with Crippen LogP contribution in [0.3, 0.4) is 0 Å². The van der Waals surface area contributed by atoms with E-state index in [0.29, 0.717) is 34.9 Å². The Hall–Kier alpha value is -2.42. The summed E-state index contributed by atoms with van der Waals surface area (Å²) < 4.78 is 28.3. The molecule has 1 fully saturated rings. The van der Waals surface area contributed by atoms with Crippen molar-refractivity contribution in [2.24, 2.45) is 11.8 Å². The number of aromatic nitrogens is 2. The van der Waals surface area contributed by atoms with Crippen molar-refractivity contribution in [3.8, 4) is 0 Å². The van der Waals surface area contributed by atoms with Gasteiger partial charge < -0.3 is 10.2 Å². The van der Waals surface area contributed by atoms with Gasteiger partial charge in [-0.05, 0) is 74.3 Å². The Labute approximate surface area is 207 Å². The fraction of sp³-hybridized carbons (Fsp3) is 0.440. The van der Waals surface area contributed by atoms with Crippen molar-refractivity contribution in [3.05, 3.63) is 53.1 Å². The average molecular weight is 502 g/mol. The topological polar surface area (TPSA) is 87.2 Å². The minimum Gasteiger partial charge on any atom is -0.362 e. The van der Waals surface area contributed by atoms with Crippen LogP contribution in [0.5, 0.6) is 0 Å². The highest BCUT2D eigenvalue weighted by Crippen LogP contribution is 2.30. The lowest BCUT2D eigenvalue weighted by Crippen LogP contribution is -2.32. The van der Waals surface area contributed by atoms with E-state index in [-0.39, 0.29) is 4.90 Å². The lowest BCUT2D eigenvalue weighted by Gasteiger charge is -2.29. The van der Waals surface area contributed by atoms with Crippen molar-refractivity contribution in [2.75, 3.05) is 37.4 Å². The Bertz CT molecular complexity index is 1260. The molecule has 1 heterocycles. The Morgan fingerprint density at radius 2 is 1.65 bits per heavy atom. The zero-order valence-electron chi connectivity index (χ0n) is 19.9. The minimum atomic E-state index is -3.57. The molecule has 0 saturated heterocycles. The van der Waals surface area contributed by atoms with Crippen LogP contribution in [0.15, 0.2) is 47.4 Å². The molecule has 3 aromatic rings. The number of sulfonamides is 1. The van der Waals surface area contributed by atoms with E-state index in [4.69, 9.17) is 16.6 Å². The number of anilines is 2. The molecular formula is C25H32ClN5O2S. The van der Waals surface area contributed by atoms with Crippen LogP contribution in [0.1, 0.15) is 31.2 Å². The highest BCUT2D eigenvalue weighted by molar-refractivity contribution is 7.89. The van der Waals surface area contributed by atoms with Gasteiger partial charge in [-0.15, -0.1) is 0 Å².